The molecule has 5 nitrogen and oxygen atoms in total. The SMILES string of the molecule is O=C(Nc1nnc(-c2ccccc2)s1)c1ccc(Br)cc1O. The minimum absolute atomic E-state index is 0.0975. The van der Waals surface area contributed by atoms with Crippen LogP contribution in [-0.2, 0) is 0 Å². The molecule has 22 heavy (non-hydrogen) atoms. The lowest BCUT2D eigenvalue weighted by atomic mass is 10.2. The quantitative estimate of drug-likeness (QED) is 0.727. The van der Waals surface area contributed by atoms with Gasteiger partial charge < -0.3 is 5.11 Å². The molecule has 0 saturated carbocycles. The van der Waals surface area contributed by atoms with Crippen molar-refractivity contribution >= 4 is 38.3 Å². The summed E-state index contributed by atoms with van der Waals surface area (Å²) in [5.41, 5.74) is 1.12. The number of halogens is 1. The third-order valence-electron chi connectivity index (χ3n) is 2.87. The molecule has 1 amide bonds. The topological polar surface area (TPSA) is 75.1 Å². The van der Waals surface area contributed by atoms with Crippen molar-refractivity contribution in [3.8, 4) is 16.3 Å². The van der Waals surface area contributed by atoms with Crippen molar-refractivity contribution in [2.45, 2.75) is 0 Å². The van der Waals surface area contributed by atoms with E-state index < -0.39 is 5.91 Å². The van der Waals surface area contributed by atoms with Gasteiger partial charge in [-0.15, -0.1) is 10.2 Å². The van der Waals surface area contributed by atoms with Crippen LogP contribution in [0.1, 0.15) is 10.4 Å². The first-order valence-corrected chi connectivity index (χ1v) is 7.93. The number of nitrogens with zero attached hydrogens (tertiary/aromatic N) is 2. The van der Waals surface area contributed by atoms with E-state index in [0.717, 1.165) is 10.6 Å². The highest BCUT2D eigenvalue weighted by molar-refractivity contribution is 9.10. The predicted molar refractivity (Wildman–Crippen MR) is 89.1 cm³/mol. The zero-order valence-electron chi connectivity index (χ0n) is 11.2. The number of phenolic OH excluding ortho intramolecular Hbond substituents is 1. The summed E-state index contributed by atoms with van der Waals surface area (Å²) < 4.78 is 0.698. The van der Waals surface area contributed by atoms with Crippen molar-refractivity contribution in [2.75, 3.05) is 5.32 Å². The molecule has 2 aromatic carbocycles. The van der Waals surface area contributed by atoms with E-state index in [0.29, 0.717) is 9.60 Å². The lowest BCUT2D eigenvalue weighted by Gasteiger charge is -2.04. The minimum Gasteiger partial charge on any atom is -0.507 e. The molecule has 3 rings (SSSR count). The number of aromatic hydroxyl groups is 1. The third-order valence-corrected chi connectivity index (χ3v) is 4.25. The molecule has 0 unspecified atom stereocenters. The monoisotopic (exact) mass is 375 g/mol. The van der Waals surface area contributed by atoms with Crippen LogP contribution in [0.15, 0.2) is 53.0 Å². The van der Waals surface area contributed by atoms with Crippen LogP contribution >= 0.6 is 27.3 Å². The summed E-state index contributed by atoms with van der Waals surface area (Å²) in [6, 6.07) is 14.3. The Morgan fingerprint density at radius 2 is 1.91 bits per heavy atom. The van der Waals surface area contributed by atoms with Gasteiger partial charge in [0.1, 0.15) is 10.8 Å². The van der Waals surface area contributed by atoms with Crippen LogP contribution < -0.4 is 5.32 Å². The fourth-order valence-corrected chi connectivity index (χ4v) is 2.93. The summed E-state index contributed by atoms with van der Waals surface area (Å²) >= 11 is 4.50. The lowest BCUT2D eigenvalue weighted by molar-refractivity contribution is 0.102. The van der Waals surface area contributed by atoms with E-state index in [4.69, 9.17) is 0 Å². The normalized spacial score (nSPS) is 10.4. The van der Waals surface area contributed by atoms with Gasteiger partial charge in [-0.05, 0) is 18.2 Å². The maximum absolute atomic E-state index is 12.1. The van der Waals surface area contributed by atoms with E-state index in [1.807, 2.05) is 30.3 Å². The van der Waals surface area contributed by atoms with Crippen LogP contribution in [0.25, 0.3) is 10.6 Å². The molecule has 1 aromatic heterocycles. The molecule has 0 bridgehead atoms. The molecule has 2 N–H and O–H groups in total. The van der Waals surface area contributed by atoms with Crippen LogP contribution in [0, 0.1) is 0 Å². The minimum atomic E-state index is -0.430. The van der Waals surface area contributed by atoms with Gasteiger partial charge in [-0.25, -0.2) is 0 Å². The number of anilines is 1. The van der Waals surface area contributed by atoms with Crippen LogP contribution in [-0.4, -0.2) is 21.2 Å². The van der Waals surface area contributed by atoms with Crippen molar-refractivity contribution < 1.29 is 9.90 Å². The molecule has 0 atom stereocenters. The largest absolute Gasteiger partial charge is 0.507 e. The number of phenols is 1. The molecular weight excluding hydrogens is 366 g/mol. The molecule has 7 heteroatoms. The first-order chi connectivity index (χ1) is 10.6. The van der Waals surface area contributed by atoms with Crippen LogP contribution in [0.4, 0.5) is 5.13 Å². The number of carbonyl (C=O) groups is 1. The molecule has 3 aromatic rings. The van der Waals surface area contributed by atoms with Gasteiger partial charge in [0, 0.05) is 10.0 Å². The number of hydrogen-bond acceptors (Lipinski definition) is 5. The number of rotatable bonds is 3. The maximum atomic E-state index is 12.1. The van der Waals surface area contributed by atoms with E-state index in [-0.39, 0.29) is 11.3 Å². The second kappa shape index (κ2) is 6.25. The number of nitrogens with one attached hydrogen (secondary N) is 1. The molecule has 1 heterocycles. The van der Waals surface area contributed by atoms with Gasteiger partial charge in [0.05, 0.1) is 5.56 Å². The Morgan fingerprint density at radius 1 is 1.14 bits per heavy atom. The second-order valence-corrected chi connectivity index (χ2v) is 6.29. The van der Waals surface area contributed by atoms with Crippen LogP contribution in [0.3, 0.4) is 0 Å². The van der Waals surface area contributed by atoms with Crippen molar-refractivity contribution in [2.24, 2.45) is 0 Å². The first kappa shape index (κ1) is 14.7. The van der Waals surface area contributed by atoms with E-state index in [9.17, 15) is 9.90 Å². The Hall–Kier alpha value is -2.25. The first-order valence-electron chi connectivity index (χ1n) is 6.32. The van der Waals surface area contributed by atoms with E-state index in [1.54, 1.807) is 6.07 Å². The van der Waals surface area contributed by atoms with E-state index in [2.05, 4.69) is 31.4 Å². The van der Waals surface area contributed by atoms with Gasteiger partial charge in [0.15, 0.2) is 0 Å². The summed E-state index contributed by atoms with van der Waals surface area (Å²) in [6.07, 6.45) is 0. The highest BCUT2D eigenvalue weighted by Gasteiger charge is 2.14. The zero-order valence-corrected chi connectivity index (χ0v) is 13.6. The second-order valence-electron chi connectivity index (χ2n) is 4.39. The zero-order chi connectivity index (χ0) is 15.5. The Bertz CT molecular complexity index is 821. The molecule has 0 fully saturated rings. The lowest BCUT2D eigenvalue weighted by Crippen LogP contribution is -2.11. The summed E-state index contributed by atoms with van der Waals surface area (Å²) in [5, 5.41) is 21.5. The summed E-state index contributed by atoms with van der Waals surface area (Å²) in [6.45, 7) is 0. The molecule has 0 saturated heterocycles. The van der Waals surface area contributed by atoms with Crippen LogP contribution in [0.5, 0.6) is 5.75 Å². The maximum Gasteiger partial charge on any atom is 0.261 e. The summed E-state index contributed by atoms with van der Waals surface area (Å²) in [5.74, 6) is -0.527. The Morgan fingerprint density at radius 3 is 2.64 bits per heavy atom. The van der Waals surface area contributed by atoms with Gasteiger partial charge in [-0.1, -0.05) is 57.6 Å². The number of amides is 1. The fourth-order valence-electron chi connectivity index (χ4n) is 1.83. The van der Waals surface area contributed by atoms with Crippen molar-refractivity contribution in [3.63, 3.8) is 0 Å². The number of carbonyl (C=O) groups excluding carboxylic acids is 1. The van der Waals surface area contributed by atoms with Gasteiger partial charge in [-0.2, -0.15) is 0 Å². The van der Waals surface area contributed by atoms with E-state index >= 15 is 0 Å². The molecule has 0 aliphatic heterocycles. The molecule has 0 aliphatic rings. The average Bonchev–Trinajstić information content (AvgIpc) is 2.96. The smallest absolute Gasteiger partial charge is 0.261 e. The van der Waals surface area contributed by atoms with Gasteiger partial charge in [0.25, 0.3) is 5.91 Å². The van der Waals surface area contributed by atoms with E-state index in [1.165, 1.54) is 23.5 Å². The van der Waals surface area contributed by atoms with Crippen molar-refractivity contribution in [3.05, 3.63) is 58.6 Å². The molecular formula is C15H10BrN3O2S. The average molecular weight is 376 g/mol. The highest BCUT2D eigenvalue weighted by Crippen LogP contribution is 2.27. The summed E-state index contributed by atoms with van der Waals surface area (Å²) in [4.78, 5) is 12.1. The Labute approximate surface area is 138 Å². The van der Waals surface area contributed by atoms with Gasteiger partial charge in [-0.3, -0.25) is 10.1 Å². The summed E-state index contributed by atoms with van der Waals surface area (Å²) in [7, 11) is 0. The van der Waals surface area contributed by atoms with Gasteiger partial charge >= 0.3 is 0 Å². The Balaban J connectivity index is 1.79. The van der Waals surface area contributed by atoms with Crippen LogP contribution in [0.2, 0.25) is 0 Å². The third kappa shape index (κ3) is 3.15. The molecule has 0 aliphatic carbocycles. The Kier molecular flexibility index (Phi) is 4.17. The molecule has 110 valence electrons. The van der Waals surface area contributed by atoms with Gasteiger partial charge in [0.2, 0.25) is 5.13 Å². The number of benzene rings is 2. The number of aromatic nitrogens is 2. The molecule has 0 spiro atoms. The molecule has 0 radical (unpaired) electrons. The van der Waals surface area contributed by atoms with Crippen molar-refractivity contribution in [1.82, 2.24) is 10.2 Å². The standard InChI is InChI=1S/C15H10BrN3O2S/c16-10-6-7-11(12(20)8-10)13(21)17-15-19-18-14(22-15)9-4-2-1-3-5-9/h1-8,20H,(H,17,19,21). The number of hydrogen-bond donors (Lipinski definition) is 2. The van der Waals surface area contributed by atoms with Crippen molar-refractivity contribution in [1.29, 1.82) is 0 Å². The fraction of sp³-hybridized carbons (Fsp3) is 0. The highest BCUT2D eigenvalue weighted by atomic mass is 79.9. The predicted octanol–water partition coefficient (Wildman–Crippen LogP) is 3.93.